The van der Waals surface area contributed by atoms with E-state index in [2.05, 4.69) is 9.97 Å². The number of oxazole rings is 1. The molecule has 5 nitrogen and oxygen atoms in total. The Balaban J connectivity index is 2.13. The zero-order valence-corrected chi connectivity index (χ0v) is 7.80. The SMILES string of the molecule is O=C(O)c1ccc2nc(C3CC3)oc2n1. The Morgan fingerprint density at radius 3 is 2.87 bits per heavy atom. The number of fused-ring (bicyclic) bond motifs is 1. The molecule has 15 heavy (non-hydrogen) atoms. The highest BCUT2D eigenvalue weighted by atomic mass is 16.4. The number of nitrogens with zero attached hydrogens (tertiary/aromatic N) is 2. The highest BCUT2D eigenvalue weighted by molar-refractivity contribution is 5.87. The first-order valence-corrected chi connectivity index (χ1v) is 4.75. The minimum Gasteiger partial charge on any atom is -0.477 e. The van der Waals surface area contributed by atoms with Crippen LogP contribution >= 0.6 is 0 Å². The van der Waals surface area contributed by atoms with Crippen LogP contribution in [0.2, 0.25) is 0 Å². The first-order chi connectivity index (χ1) is 7.24. The normalized spacial score (nSPS) is 15.7. The number of hydrogen-bond donors (Lipinski definition) is 1. The lowest BCUT2D eigenvalue weighted by Crippen LogP contribution is -1.98. The summed E-state index contributed by atoms with van der Waals surface area (Å²) in [5, 5.41) is 8.75. The highest BCUT2D eigenvalue weighted by Crippen LogP contribution is 2.40. The molecule has 0 saturated heterocycles. The van der Waals surface area contributed by atoms with Crippen molar-refractivity contribution < 1.29 is 14.3 Å². The van der Waals surface area contributed by atoms with E-state index in [1.165, 1.54) is 6.07 Å². The predicted octanol–water partition coefficient (Wildman–Crippen LogP) is 1.80. The first kappa shape index (κ1) is 8.40. The first-order valence-electron chi connectivity index (χ1n) is 4.75. The molecule has 1 aliphatic rings. The van der Waals surface area contributed by atoms with Gasteiger partial charge in [-0.15, -0.1) is 0 Å². The molecule has 2 heterocycles. The summed E-state index contributed by atoms with van der Waals surface area (Å²) >= 11 is 0. The molecule has 0 bridgehead atoms. The van der Waals surface area contributed by atoms with Crippen molar-refractivity contribution in [3.8, 4) is 0 Å². The summed E-state index contributed by atoms with van der Waals surface area (Å²) in [5.41, 5.74) is 0.930. The van der Waals surface area contributed by atoms with Gasteiger partial charge in [0.25, 0.3) is 0 Å². The number of hydrogen-bond acceptors (Lipinski definition) is 4. The molecule has 0 spiro atoms. The van der Waals surface area contributed by atoms with E-state index in [0.717, 1.165) is 12.8 Å². The molecule has 2 aromatic rings. The maximum Gasteiger partial charge on any atom is 0.354 e. The van der Waals surface area contributed by atoms with Gasteiger partial charge < -0.3 is 9.52 Å². The molecule has 1 aliphatic carbocycles. The minimum absolute atomic E-state index is 0.0130. The Morgan fingerprint density at radius 2 is 2.20 bits per heavy atom. The summed E-state index contributed by atoms with van der Waals surface area (Å²) in [5.74, 6) is 0.0359. The second-order valence-electron chi connectivity index (χ2n) is 3.65. The third kappa shape index (κ3) is 1.36. The molecule has 0 aliphatic heterocycles. The standard InChI is InChI=1S/C10H8N2O3/c13-10(14)7-4-3-6-9(12-7)15-8(11-6)5-1-2-5/h3-5H,1-2H2,(H,13,14). The van der Waals surface area contributed by atoms with E-state index in [1.807, 2.05) is 0 Å². The molecular formula is C10H8N2O3. The summed E-state index contributed by atoms with van der Waals surface area (Å²) in [6, 6.07) is 3.06. The summed E-state index contributed by atoms with van der Waals surface area (Å²) in [7, 11) is 0. The summed E-state index contributed by atoms with van der Waals surface area (Å²) in [6.07, 6.45) is 2.19. The molecule has 3 rings (SSSR count). The topological polar surface area (TPSA) is 76.2 Å². The Bertz CT molecular complexity index is 543. The van der Waals surface area contributed by atoms with Gasteiger partial charge in [-0.2, -0.15) is 0 Å². The van der Waals surface area contributed by atoms with Crippen LogP contribution in [-0.2, 0) is 0 Å². The predicted molar refractivity (Wildman–Crippen MR) is 50.7 cm³/mol. The van der Waals surface area contributed by atoms with Gasteiger partial charge in [0.1, 0.15) is 5.52 Å². The zero-order chi connectivity index (χ0) is 10.4. The fourth-order valence-electron chi connectivity index (χ4n) is 1.46. The monoisotopic (exact) mass is 204 g/mol. The zero-order valence-electron chi connectivity index (χ0n) is 7.80. The molecule has 1 saturated carbocycles. The van der Waals surface area contributed by atoms with Crippen molar-refractivity contribution in [3.63, 3.8) is 0 Å². The quantitative estimate of drug-likeness (QED) is 0.807. The van der Waals surface area contributed by atoms with Gasteiger partial charge in [-0.25, -0.2) is 14.8 Å². The van der Waals surface area contributed by atoms with E-state index in [1.54, 1.807) is 6.07 Å². The Morgan fingerprint density at radius 1 is 1.40 bits per heavy atom. The average molecular weight is 204 g/mol. The number of aromatic carboxylic acids is 1. The second-order valence-corrected chi connectivity index (χ2v) is 3.65. The number of carbonyl (C=O) groups is 1. The van der Waals surface area contributed by atoms with Crippen LogP contribution in [-0.4, -0.2) is 21.0 Å². The van der Waals surface area contributed by atoms with Crippen LogP contribution in [0.3, 0.4) is 0 Å². The lowest BCUT2D eigenvalue weighted by atomic mass is 10.3. The minimum atomic E-state index is -1.05. The fraction of sp³-hybridized carbons (Fsp3) is 0.300. The van der Waals surface area contributed by atoms with Gasteiger partial charge >= 0.3 is 5.97 Å². The van der Waals surface area contributed by atoms with E-state index in [-0.39, 0.29) is 5.69 Å². The molecule has 76 valence electrons. The molecule has 1 N–H and O–H groups in total. The smallest absolute Gasteiger partial charge is 0.354 e. The maximum atomic E-state index is 10.7. The van der Waals surface area contributed by atoms with Crippen LogP contribution in [0.25, 0.3) is 11.2 Å². The van der Waals surface area contributed by atoms with E-state index >= 15 is 0 Å². The van der Waals surface area contributed by atoms with Crippen LogP contribution < -0.4 is 0 Å². The molecule has 5 heteroatoms. The van der Waals surface area contributed by atoms with Crippen LogP contribution in [0.5, 0.6) is 0 Å². The molecule has 0 unspecified atom stereocenters. The molecule has 0 radical (unpaired) electrons. The Hall–Kier alpha value is -1.91. The Kier molecular flexibility index (Phi) is 1.56. The second kappa shape index (κ2) is 2.79. The van der Waals surface area contributed by atoms with E-state index in [0.29, 0.717) is 23.0 Å². The maximum absolute atomic E-state index is 10.7. The molecule has 0 amide bonds. The fourth-order valence-corrected chi connectivity index (χ4v) is 1.46. The van der Waals surface area contributed by atoms with Gasteiger partial charge in [0.15, 0.2) is 5.69 Å². The molecule has 0 atom stereocenters. The van der Waals surface area contributed by atoms with Gasteiger partial charge in [-0.05, 0) is 25.0 Å². The van der Waals surface area contributed by atoms with Crippen molar-refractivity contribution in [3.05, 3.63) is 23.7 Å². The number of pyridine rings is 1. The number of carboxylic acids is 1. The summed E-state index contributed by atoms with van der Waals surface area (Å²) in [4.78, 5) is 18.8. The molecular weight excluding hydrogens is 196 g/mol. The third-order valence-corrected chi connectivity index (χ3v) is 2.42. The van der Waals surface area contributed by atoms with Gasteiger partial charge in [-0.1, -0.05) is 0 Å². The largest absolute Gasteiger partial charge is 0.477 e. The average Bonchev–Trinajstić information content (AvgIpc) is 2.97. The van der Waals surface area contributed by atoms with Crippen molar-refractivity contribution in [2.24, 2.45) is 0 Å². The highest BCUT2D eigenvalue weighted by Gasteiger charge is 2.29. The lowest BCUT2D eigenvalue weighted by Gasteiger charge is -1.90. The summed E-state index contributed by atoms with van der Waals surface area (Å²) < 4.78 is 5.40. The number of aromatic nitrogens is 2. The van der Waals surface area contributed by atoms with Crippen LogP contribution in [0.1, 0.15) is 35.1 Å². The summed E-state index contributed by atoms with van der Waals surface area (Å²) in [6.45, 7) is 0. The van der Waals surface area contributed by atoms with Crippen molar-refractivity contribution in [1.29, 1.82) is 0 Å². The van der Waals surface area contributed by atoms with Crippen LogP contribution in [0.15, 0.2) is 16.5 Å². The van der Waals surface area contributed by atoms with Gasteiger partial charge in [0, 0.05) is 5.92 Å². The van der Waals surface area contributed by atoms with Gasteiger partial charge in [0.05, 0.1) is 0 Å². The molecule has 1 fully saturated rings. The van der Waals surface area contributed by atoms with Crippen molar-refractivity contribution in [2.75, 3.05) is 0 Å². The third-order valence-electron chi connectivity index (χ3n) is 2.42. The Labute approximate surface area is 84.8 Å². The number of rotatable bonds is 2. The van der Waals surface area contributed by atoms with Gasteiger partial charge in [0.2, 0.25) is 11.6 Å². The molecule has 2 aromatic heterocycles. The van der Waals surface area contributed by atoms with Crippen molar-refractivity contribution >= 4 is 17.2 Å². The van der Waals surface area contributed by atoms with Crippen molar-refractivity contribution in [1.82, 2.24) is 9.97 Å². The van der Waals surface area contributed by atoms with E-state index < -0.39 is 5.97 Å². The lowest BCUT2D eigenvalue weighted by molar-refractivity contribution is 0.0690. The van der Waals surface area contributed by atoms with Crippen molar-refractivity contribution in [2.45, 2.75) is 18.8 Å². The van der Waals surface area contributed by atoms with Crippen LogP contribution in [0, 0.1) is 0 Å². The number of carboxylic acid groups (broad SMARTS) is 1. The van der Waals surface area contributed by atoms with Gasteiger partial charge in [-0.3, -0.25) is 0 Å². The van der Waals surface area contributed by atoms with Crippen LogP contribution in [0.4, 0.5) is 0 Å². The van der Waals surface area contributed by atoms with E-state index in [4.69, 9.17) is 9.52 Å². The van der Waals surface area contributed by atoms with E-state index in [9.17, 15) is 4.79 Å². The molecule has 0 aromatic carbocycles.